The van der Waals surface area contributed by atoms with Crippen LogP contribution in [0.2, 0.25) is 5.15 Å². The molecule has 6 heteroatoms. The van der Waals surface area contributed by atoms with E-state index in [0.29, 0.717) is 10.7 Å². The lowest BCUT2D eigenvalue weighted by Crippen LogP contribution is -2.01. The third-order valence-electron chi connectivity index (χ3n) is 2.73. The first kappa shape index (κ1) is 11.7. The van der Waals surface area contributed by atoms with Gasteiger partial charge in [0.1, 0.15) is 5.69 Å². The molecule has 0 aliphatic heterocycles. The number of hydrogen-bond acceptors (Lipinski definition) is 3. The summed E-state index contributed by atoms with van der Waals surface area (Å²) in [6, 6.07) is 10.3. The molecule has 0 saturated carbocycles. The predicted octanol–water partition coefficient (Wildman–Crippen LogP) is 2.77. The van der Waals surface area contributed by atoms with E-state index in [1.54, 1.807) is 35.1 Å². The van der Waals surface area contributed by atoms with Gasteiger partial charge < -0.3 is 5.11 Å². The molecule has 2 aromatic heterocycles. The van der Waals surface area contributed by atoms with E-state index in [4.69, 9.17) is 16.7 Å². The van der Waals surface area contributed by atoms with Gasteiger partial charge in [-0.1, -0.05) is 17.7 Å². The number of pyridine rings is 1. The summed E-state index contributed by atoms with van der Waals surface area (Å²) in [6.45, 7) is 0. The van der Waals surface area contributed by atoms with E-state index in [2.05, 4.69) is 10.1 Å². The van der Waals surface area contributed by atoms with E-state index in [1.807, 2.05) is 6.07 Å². The van der Waals surface area contributed by atoms with Crippen LogP contribution in [0.1, 0.15) is 10.5 Å². The van der Waals surface area contributed by atoms with Gasteiger partial charge in [-0.3, -0.25) is 0 Å². The smallest absolute Gasteiger partial charge is 0.354 e. The van der Waals surface area contributed by atoms with Gasteiger partial charge >= 0.3 is 5.97 Å². The maximum Gasteiger partial charge on any atom is 0.354 e. The molecule has 1 N–H and O–H groups in total. The summed E-state index contributed by atoms with van der Waals surface area (Å²) in [5.41, 5.74) is 1.42. The van der Waals surface area contributed by atoms with Gasteiger partial charge in [0.2, 0.25) is 0 Å². The molecular weight excluding hydrogens is 266 g/mol. The largest absolute Gasteiger partial charge is 0.477 e. The van der Waals surface area contributed by atoms with E-state index >= 15 is 0 Å². The minimum atomic E-state index is -1.05. The van der Waals surface area contributed by atoms with Crippen molar-refractivity contribution in [1.82, 2.24) is 14.8 Å². The zero-order valence-electron chi connectivity index (χ0n) is 9.62. The molecule has 2 heterocycles. The van der Waals surface area contributed by atoms with Gasteiger partial charge in [0, 0.05) is 11.6 Å². The summed E-state index contributed by atoms with van der Waals surface area (Å²) in [5, 5.41) is 14.3. The van der Waals surface area contributed by atoms with Crippen molar-refractivity contribution in [3.05, 3.63) is 53.4 Å². The number of halogens is 1. The van der Waals surface area contributed by atoms with E-state index < -0.39 is 5.97 Å². The summed E-state index contributed by atoms with van der Waals surface area (Å²) in [4.78, 5) is 15.0. The molecule has 3 aromatic rings. The third kappa shape index (κ3) is 2.04. The highest BCUT2D eigenvalue weighted by Gasteiger charge is 2.09. The lowest BCUT2D eigenvalue weighted by atomic mass is 10.1. The Kier molecular flexibility index (Phi) is 2.68. The predicted molar refractivity (Wildman–Crippen MR) is 70.8 cm³/mol. The van der Waals surface area contributed by atoms with Crippen LogP contribution < -0.4 is 0 Å². The minimum Gasteiger partial charge on any atom is -0.477 e. The second-order valence-corrected chi connectivity index (χ2v) is 4.32. The second kappa shape index (κ2) is 4.37. The molecule has 94 valence electrons. The first-order valence-corrected chi connectivity index (χ1v) is 5.87. The van der Waals surface area contributed by atoms with Crippen molar-refractivity contribution in [3.8, 4) is 5.69 Å². The summed E-state index contributed by atoms with van der Waals surface area (Å²) in [6.07, 6.45) is 1.74. The van der Waals surface area contributed by atoms with Crippen LogP contribution in [-0.4, -0.2) is 25.8 Å². The molecule has 0 aliphatic carbocycles. The lowest BCUT2D eigenvalue weighted by molar-refractivity contribution is 0.0691. The zero-order valence-corrected chi connectivity index (χ0v) is 10.4. The van der Waals surface area contributed by atoms with E-state index in [0.717, 1.165) is 11.1 Å². The number of carboxylic acids is 1. The van der Waals surface area contributed by atoms with Crippen molar-refractivity contribution in [1.29, 1.82) is 0 Å². The normalized spacial score (nSPS) is 10.8. The molecule has 0 atom stereocenters. The average molecular weight is 274 g/mol. The number of nitrogens with zero attached hydrogens (tertiary/aromatic N) is 3. The summed E-state index contributed by atoms with van der Waals surface area (Å²) in [5.74, 6) is -1.05. The Morgan fingerprint density at radius 2 is 2.05 bits per heavy atom. The Morgan fingerprint density at radius 3 is 2.74 bits per heavy atom. The first-order valence-electron chi connectivity index (χ1n) is 5.50. The molecule has 0 radical (unpaired) electrons. The number of rotatable bonds is 2. The molecule has 0 saturated heterocycles. The second-order valence-electron chi connectivity index (χ2n) is 3.93. The standard InChI is InChI=1S/C13H8ClN3O2/c14-12-6-7-17(16-12)11-3-1-2-9-8(11)4-5-10(15-9)13(18)19/h1-7H,(H,18,19). The topological polar surface area (TPSA) is 68.0 Å². The molecule has 0 fully saturated rings. The molecule has 0 aliphatic rings. The fourth-order valence-corrected chi connectivity index (χ4v) is 2.03. The number of carbonyl (C=O) groups is 1. The van der Waals surface area contributed by atoms with Crippen LogP contribution in [0.15, 0.2) is 42.6 Å². The van der Waals surface area contributed by atoms with Crippen molar-refractivity contribution < 1.29 is 9.90 Å². The molecule has 0 unspecified atom stereocenters. The fourth-order valence-electron chi connectivity index (χ4n) is 1.89. The van der Waals surface area contributed by atoms with Gasteiger partial charge in [-0.25, -0.2) is 14.5 Å². The molecule has 19 heavy (non-hydrogen) atoms. The van der Waals surface area contributed by atoms with Crippen LogP contribution in [-0.2, 0) is 0 Å². The van der Waals surface area contributed by atoms with Gasteiger partial charge in [0.05, 0.1) is 11.2 Å². The van der Waals surface area contributed by atoms with Gasteiger partial charge in [-0.05, 0) is 30.3 Å². The minimum absolute atomic E-state index is 0.0168. The average Bonchev–Trinajstić information content (AvgIpc) is 2.84. The maximum atomic E-state index is 10.9. The summed E-state index contributed by atoms with van der Waals surface area (Å²) in [7, 11) is 0. The third-order valence-corrected chi connectivity index (χ3v) is 2.93. The highest BCUT2D eigenvalue weighted by molar-refractivity contribution is 6.29. The zero-order chi connectivity index (χ0) is 13.4. The summed E-state index contributed by atoms with van der Waals surface area (Å²) < 4.78 is 1.63. The number of aromatic carboxylic acids is 1. The lowest BCUT2D eigenvalue weighted by Gasteiger charge is -2.06. The molecule has 0 spiro atoms. The van der Waals surface area contributed by atoms with Gasteiger partial charge in [0.15, 0.2) is 5.15 Å². The number of fused-ring (bicyclic) bond motifs is 1. The van der Waals surface area contributed by atoms with Crippen LogP contribution >= 0.6 is 11.6 Å². The Morgan fingerprint density at radius 1 is 1.21 bits per heavy atom. The van der Waals surface area contributed by atoms with Gasteiger partial charge in [0.25, 0.3) is 0 Å². The first-order chi connectivity index (χ1) is 9.15. The Labute approximate surface area is 113 Å². The number of aromatic nitrogens is 3. The monoisotopic (exact) mass is 273 g/mol. The fraction of sp³-hybridized carbons (Fsp3) is 0. The van der Waals surface area contributed by atoms with Crippen LogP contribution in [0.3, 0.4) is 0 Å². The Bertz CT molecular complexity index is 782. The number of hydrogen-bond donors (Lipinski definition) is 1. The summed E-state index contributed by atoms with van der Waals surface area (Å²) >= 11 is 5.80. The molecule has 0 amide bonds. The Hall–Kier alpha value is -2.40. The van der Waals surface area contributed by atoms with Crippen molar-refractivity contribution in [2.75, 3.05) is 0 Å². The number of carboxylic acid groups (broad SMARTS) is 1. The maximum absolute atomic E-state index is 10.9. The molecular formula is C13H8ClN3O2. The van der Waals surface area contributed by atoms with E-state index in [1.165, 1.54) is 6.07 Å². The quantitative estimate of drug-likeness (QED) is 0.779. The van der Waals surface area contributed by atoms with Crippen LogP contribution in [0.25, 0.3) is 16.6 Å². The van der Waals surface area contributed by atoms with Gasteiger partial charge in [-0.2, -0.15) is 5.10 Å². The van der Waals surface area contributed by atoms with E-state index in [-0.39, 0.29) is 5.69 Å². The number of benzene rings is 1. The van der Waals surface area contributed by atoms with Crippen LogP contribution in [0.4, 0.5) is 0 Å². The highest BCUT2D eigenvalue weighted by atomic mass is 35.5. The molecule has 0 bridgehead atoms. The molecule has 1 aromatic carbocycles. The SMILES string of the molecule is O=C(O)c1ccc2c(-n3ccc(Cl)n3)cccc2n1. The van der Waals surface area contributed by atoms with Crippen molar-refractivity contribution in [2.45, 2.75) is 0 Å². The highest BCUT2D eigenvalue weighted by Crippen LogP contribution is 2.21. The van der Waals surface area contributed by atoms with Crippen LogP contribution in [0.5, 0.6) is 0 Å². The molecule has 5 nitrogen and oxygen atoms in total. The molecule has 3 rings (SSSR count). The van der Waals surface area contributed by atoms with Crippen molar-refractivity contribution in [2.24, 2.45) is 0 Å². The van der Waals surface area contributed by atoms with Gasteiger partial charge in [-0.15, -0.1) is 0 Å². The van der Waals surface area contributed by atoms with Crippen molar-refractivity contribution >= 4 is 28.5 Å². The van der Waals surface area contributed by atoms with E-state index in [9.17, 15) is 4.79 Å². The Balaban J connectivity index is 2.24. The van der Waals surface area contributed by atoms with Crippen LogP contribution in [0, 0.1) is 0 Å². The van der Waals surface area contributed by atoms with Crippen molar-refractivity contribution in [3.63, 3.8) is 0 Å².